The number of hydrogen-bond acceptors (Lipinski definition) is 5. The number of pyridine rings is 1. The molecule has 3 aromatic heterocycles. The predicted molar refractivity (Wildman–Crippen MR) is 96.5 cm³/mol. The lowest BCUT2D eigenvalue weighted by molar-refractivity contribution is 0.660. The van der Waals surface area contributed by atoms with Gasteiger partial charge in [0.25, 0.3) is 5.56 Å². The Bertz CT molecular complexity index is 1050. The van der Waals surface area contributed by atoms with E-state index in [1.807, 2.05) is 48.7 Å². The molecule has 3 heterocycles. The van der Waals surface area contributed by atoms with Crippen LogP contribution in [0.15, 0.2) is 58.6 Å². The zero-order valence-corrected chi connectivity index (χ0v) is 14.0. The highest BCUT2D eigenvalue weighted by Gasteiger charge is 2.16. The lowest BCUT2D eigenvalue weighted by Crippen LogP contribution is -2.23. The van der Waals surface area contributed by atoms with Gasteiger partial charge in [-0.25, -0.2) is 9.97 Å². The third kappa shape index (κ3) is 2.44. The molecular weight excluding hydrogens is 326 g/mol. The van der Waals surface area contributed by atoms with Gasteiger partial charge in [0.05, 0.1) is 12.1 Å². The summed E-state index contributed by atoms with van der Waals surface area (Å²) in [4.78, 5) is 22.9. The first-order valence-corrected chi connectivity index (χ1v) is 9.18. The number of hydrogen-bond donors (Lipinski definition) is 0. The predicted octanol–water partition coefficient (Wildman–Crippen LogP) is 3.78. The fourth-order valence-electron chi connectivity index (χ4n) is 2.60. The van der Waals surface area contributed by atoms with Gasteiger partial charge in [0.2, 0.25) is 0 Å². The van der Waals surface area contributed by atoms with Gasteiger partial charge < -0.3 is 0 Å². The van der Waals surface area contributed by atoms with E-state index in [9.17, 15) is 4.79 Å². The summed E-state index contributed by atoms with van der Waals surface area (Å²) >= 11 is 2.91. The van der Waals surface area contributed by atoms with Crippen molar-refractivity contribution < 1.29 is 0 Å². The number of nitrogens with zero attached hydrogens (tertiary/aromatic N) is 3. The molecule has 0 saturated carbocycles. The van der Waals surface area contributed by atoms with Gasteiger partial charge in [-0.2, -0.15) is 0 Å². The molecule has 0 aliphatic carbocycles. The summed E-state index contributed by atoms with van der Waals surface area (Å²) in [5.41, 5.74) is 1.85. The molecule has 0 saturated heterocycles. The van der Waals surface area contributed by atoms with Crippen LogP contribution in [0.2, 0.25) is 0 Å². The summed E-state index contributed by atoms with van der Waals surface area (Å²) in [7, 11) is 0. The minimum atomic E-state index is 0.00574. The molecule has 0 N–H and O–H groups in total. The molecule has 0 amide bonds. The highest BCUT2D eigenvalue weighted by atomic mass is 32.2. The second-order valence-electron chi connectivity index (χ2n) is 5.11. The molecule has 0 spiro atoms. The van der Waals surface area contributed by atoms with Crippen molar-refractivity contribution in [2.45, 2.75) is 11.7 Å². The minimum Gasteiger partial charge on any atom is -0.282 e. The van der Waals surface area contributed by atoms with Crippen LogP contribution >= 0.6 is 23.1 Å². The molecule has 114 valence electrons. The summed E-state index contributed by atoms with van der Waals surface area (Å²) in [5.74, 6) is 0. The third-order valence-corrected chi connectivity index (χ3v) is 5.45. The van der Waals surface area contributed by atoms with Crippen LogP contribution < -0.4 is 5.56 Å². The van der Waals surface area contributed by atoms with Crippen molar-refractivity contribution in [3.05, 3.63) is 64.6 Å². The molecule has 1 aromatic carbocycles. The first-order valence-electron chi connectivity index (χ1n) is 7.14. The Kier molecular flexibility index (Phi) is 3.63. The maximum Gasteiger partial charge on any atom is 0.272 e. The lowest BCUT2D eigenvalue weighted by Gasteiger charge is -2.10. The Morgan fingerprint density at radius 1 is 1.17 bits per heavy atom. The largest absolute Gasteiger partial charge is 0.282 e. The molecule has 4 nitrogen and oxygen atoms in total. The normalized spacial score (nSPS) is 11.3. The standard InChI is InChI=1S/C17H13N3OS2/c1-22-17-19-13-12-8-5-9-18-15(12)23-14(13)16(21)20(17)10-11-6-3-2-4-7-11/h2-9H,10H2,1H3. The molecule has 0 atom stereocenters. The number of rotatable bonds is 3. The van der Waals surface area contributed by atoms with Gasteiger partial charge in [0.15, 0.2) is 5.16 Å². The van der Waals surface area contributed by atoms with E-state index < -0.39 is 0 Å². The monoisotopic (exact) mass is 339 g/mol. The molecule has 0 aliphatic heterocycles. The van der Waals surface area contributed by atoms with E-state index in [-0.39, 0.29) is 5.56 Å². The van der Waals surface area contributed by atoms with Crippen molar-refractivity contribution in [1.82, 2.24) is 14.5 Å². The molecule has 6 heteroatoms. The number of thioether (sulfide) groups is 1. The van der Waals surface area contributed by atoms with Crippen molar-refractivity contribution in [3.63, 3.8) is 0 Å². The van der Waals surface area contributed by atoms with Crippen LogP contribution in [0.5, 0.6) is 0 Å². The number of aromatic nitrogens is 3. The maximum atomic E-state index is 13.0. The van der Waals surface area contributed by atoms with Crippen molar-refractivity contribution >= 4 is 43.5 Å². The van der Waals surface area contributed by atoms with E-state index in [0.29, 0.717) is 11.2 Å². The molecule has 0 fully saturated rings. The van der Waals surface area contributed by atoms with Gasteiger partial charge >= 0.3 is 0 Å². The summed E-state index contributed by atoms with van der Waals surface area (Å²) < 4.78 is 2.42. The summed E-state index contributed by atoms with van der Waals surface area (Å²) in [5, 5.41) is 1.68. The molecule has 0 radical (unpaired) electrons. The molecule has 0 bridgehead atoms. The smallest absolute Gasteiger partial charge is 0.272 e. The second kappa shape index (κ2) is 5.79. The SMILES string of the molecule is CSc1nc2c(sc3ncccc32)c(=O)n1Cc1ccccc1. The Hall–Kier alpha value is -2.18. The molecule has 23 heavy (non-hydrogen) atoms. The zero-order chi connectivity index (χ0) is 15.8. The van der Waals surface area contributed by atoms with Crippen LogP contribution in [0.3, 0.4) is 0 Å². The van der Waals surface area contributed by atoms with Crippen molar-refractivity contribution in [3.8, 4) is 0 Å². The summed E-state index contributed by atoms with van der Waals surface area (Å²) in [6.07, 6.45) is 3.69. The van der Waals surface area contributed by atoms with Crippen LogP contribution in [-0.4, -0.2) is 20.8 Å². The second-order valence-corrected chi connectivity index (χ2v) is 6.88. The molecule has 0 aliphatic rings. The fraction of sp³-hybridized carbons (Fsp3) is 0.118. The van der Waals surface area contributed by atoms with E-state index in [0.717, 1.165) is 26.5 Å². The van der Waals surface area contributed by atoms with Gasteiger partial charge in [0, 0.05) is 11.6 Å². The van der Waals surface area contributed by atoms with E-state index >= 15 is 0 Å². The van der Waals surface area contributed by atoms with Crippen molar-refractivity contribution in [1.29, 1.82) is 0 Å². The van der Waals surface area contributed by atoms with E-state index in [1.165, 1.54) is 23.1 Å². The minimum absolute atomic E-state index is 0.00574. The number of thiophene rings is 1. The summed E-state index contributed by atoms with van der Waals surface area (Å²) in [6.45, 7) is 0.528. The Morgan fingerprint density at radius 2 is 2.00 bits per heavy atom. The number of benzene rings is 1. The average Bonchev–Trinajstić information content (AvgIpc) is 2.97. The van der Waals surface area contributed by atoms with Crippen LogP contribution in [0, 0.1) is 0 Å². The van der Waals surface area contributed by atoms with Gasteiger partial charge in [-0.05, 0) is 24.0 Å². The lowest BCUT2D eigenvalue weighted by atomic mass is 10.2. The zero-order valence-electron chi connectivity index (χ0n) is 12.4. The Labute approximate surface area is 140 Å². The van der Waals surface area contributed by atoms with Crippen molar-refractivity contribution in [2.75, 3.05) is 6.26 Å². The highest BCUT2D eigenvalue weighted by molar-refractivity contribution is 7.98. The van der Waals surface area contributed by atoms with E-state index in [1.54, 1.807) is 10.8 Å². The van der Waals surface area contributed by atoms with Gasteiger partial charge in [-0.1, -0.05) is 42.1 Å². The molecule has 0 unspecified atom stereocenters. The third-order valence-electron chi connectivity index (χ3n) is 3.68. The first kappa shape index (κ1) is 14.4. The van der Waals surface area contributed by atoms with E-state index in [4.69, 9.17) is 4.98 Å². The average molecular weight is 339 g/mol. The quantitative estimate of drug-likeness (QED) is 0.421. The van der Waals surface area contributed by atoms with Crippen LogP contribution in [0.1, 0.15) is 5.56 Å². The molecule has 4 aromatic rings. The van der Waals surface area contributed by atoms with E-state index in [2.05, 4.69) is 4.98 Å². The van der Waals surface area contributed by atoms with Crippen LogP contribution in [0.25, 0.3) is 20.4 Å². The summed E-state index contributed by atoms with van der Waals surface area (Å²) in [6, 6.07) is 13.8. The Morgan fingerprint density at radius 3 is 2.78 bits per heavy atom. The van der Waals surface area contributed by atoms with Gasteiger partial charge in [-0.3, -0.25) is 9.36 Å². The topological polar surface area (TPSA) is 47.8 Å². The van der Waals surface area contributed by atoms with Crippen molar-refractivity contribution in [2.24, 2.45) is 0 Å². The van der Waals surface area contributed by atoms with Gasteiger partial charge in [0.1, 0.15) is 9.53 Å². The Balaban J connectivity index is 1.98. The van der Waals surface area contributed by atoms with Crippen LogP contribution in [-0.2, 0) is 6.54 Å². The molecule has 4 rings (SSSR count). The van der Waals surface area contributed by atoms with Crippen LogP contribution in [0.4, 0.5) is 0 Å². The first-order chi connectivity index (χ1) is 11.3. The maximum absolute atomic E-state index is 13.0. The van der Waals surface area contributed by atoms with Gasteiger partial charge in [-0.15, -0.1) is 11.3 Å². The number of fused-ring (bicyclic) bond motifs is 3. The fourth-order valence-corrected chi connectivity index (χ4v) is 4.18. The molecular formula is C17H13N3OS2. The highest BCUT2D eigenvalue weighted by Crippen LogP contribution is 2.30.